The lowest BCUT2D eigenvalue weighted by atomic mass is 10.0. The Bertz CT molecular complexity index is 713. The van der Waals surface area contributed by atoms with Gasteiger partial charge in [0.05, 0.1) is 13.2 Å². The summed E-state index contributed by atoms with van der Waals surface area (Å²) in [6.07, 6.45) is 18.2. The summed E-state index contributed by atoms with van der Waals surface area (Å²) in [7, 11) is 0. The highest BCUT2D eigenvalue weighted by Crippen LogP contribution is 2.31. The van der Waals surface area contributed by atoms with Crippen LogP contribution in [0.3, 0.4) is 0 Å². The van der Waals surface area contributed by atoms with Gasteiger partial charge in [-0.2, -0.15) is 0 Å². The fraction of sp³-hybridized carbons (Fsp3) is 0.600. The molecule has 2 aromatic carbocycles. The maximum Gasteiger partial charge on any atom is 0.127 e. The summed E-state index contributed by atoms with van der Waals surface area (Å²) in [5.74, 6) is 1.94. The molecule has 0 spiro atoms. The zero-order valence-electron chi connectivity index (χ0n) is 20.8. The Morgan fingerprint density at radius 2 is 1.12 bits per heavy atom. The number of ether oxygens (including phenoxy) is 2. The molecule has 0 aliphatic carbocycles. The molecule has 184 valence electrons. The van der Waals surface area contributed by atoms with Crippen LogP contribution in [0.5, 0.6) is 11.5 Å². The summed E-state index contributed by atoms with van der Waals surface area (Å²) >= 11 is 3.50. The maximum absolute atomic E-state index is 6.16. The quantitative estimate of drug-likeness (QED) is 0.129. The average molecular weight is 518 g/mol. The van der Waals surface area contributed by atoms with Crippen molar-refractivity contribution in [2.45, 2.75) is 96.8 Å². The minimum Gasteiger partial charge on any atom is -0.494 e. The summed E-state index contributed by atoms with van der Waals surface area (Å²) in [5.41, 5.74) is 2.34. The van der Waals surface area contributed by atoms with Crippen molar-refractivity contribution in [1.82, 2.24) is 0 Å². The minimum absolute atomic E-state index is 0.792. The highest BCUT2D eigenvalue weighted by atomic mass is 79.9. The number of alkyl halides is 1. The van der Waals surface area contributed by atoms with Crippen molar-refractivity contribution in [1.29, 1.82) is 0 Å². The van der Waals surface area contributed by atoms with Gasteiger partial charge in [0.25, 0.3) is 0 Å². The SMILES string of the molecule is CCCCCCCCOc1ccc(-c2ccccc2OCCCCCCCCCCBr)cc1. The monoisotopic (exact) mass is 516 g/mol. The van der Waals surface area contributed by atoms with E-state index in [1.54, 1.807) is 0 Å². The molecule has 2 nitrogen and oxygen atoms in total. The largest absolute Gasteiger partial charge is 0.494 e. The summed E-state index contributed by atoms with van der Waals surface area (Å²) in [6.45, 7) is 3.86. The van der Waals surface area contributed by atoms with Crippen molar-refractivity contribution in [3.05, 3.63) is 48.5 Å². The molecule has 0 amide bonds. The summed E-state index contributed by atoms with van der Waals surface area (Å²) < 4.78 is 12.1. The molecule has 0 unspecified atom stereocenters. The van der Waals surface area contributed by atoms with E-state index in [9.17, 15) is 0 Å². The van der Waals surface area contributed by atoms with E-state index < -0.39 is 0 Å². The molecular weight excluding hydrogens is 472 g/mol. The standard InChI is InChI=1S/C30H45BrO2/c1-2-3-4-5-11-16-25-32-28-22-20-27(21-23-28)29-18-13-14-19-30(29)33-26-17-12-9-7-6-8-10-15-24-31/h13-14,18-23H,2-12,15-17,24-26H2,1H3. The minimum atomic E-state index is 0.792. The van der Waals surface area contributed by atoms with Crippen LogP contribution in [-0.4, -0.2) is 18.5 Å². The summed E-state index contributed by atoms with van der Waals surface area (Å²) in [6, 6.07) is 16.8. The predicted octanol–water partition coefficient (Wildman–Crippen LogP) is 9.99. The Kier molecular flexibility index (Phi) is 15.9. The van der Waals surface area contributed by atoms with E-state index in [1.807, 2.05) is 0 Å². The summed E-state index contributed by atoms with van der Waals surface area (Å²) in [4.78, 5) is 0. The van der Waals surface area contributed by atoms with Gasteiger partial charge in [0.15, 0.2) is 0 Å². The molecule has 0 saturated carbocycles. The van der Waals surface area contributed by atoms with Crippen LogP contribution >= 0.6 is 15.9 Å². The van der Waals surface area contributed by atoms with Crippen LogP contribution in [0.1, 0.15) is 96.8 Å². The molecule has 0 fully saturated rings. The van der Waals surface area contributed by atoms with Crippen molar-refractivity contribution in [3.63, 3.8) is 0 Å². The fourth-order valence-corrected chi connectivity index (χ4v) is 4.47. The van der Waals surface area contributed by atoms with Gasteiger partial charge in [-0.15, -0.1) is 0 Å². The number of para-hydroxylation sites is 1. The van der Waals surface area contributed by atoms with E-state index in [0.29, 0.717) is 0 Å². The normalized spacial score (nSPS) is 11.0. The molecule has 0 aliphatic heterocycles. The van der Waals surface area contributed by atoms with Crippen molar-refractivity contribution >= 4 is 15.9 Å². The van der Waals surface area contributed by atoms with E-state index in [1.165, 1.54) is 82.6 Å². The number of halogens is 1. The second kappa shape index (κ2) is 18.9. The number of benzene rings is 2. The highest BCUT2D eigenvalue weighted by Gasteiger charge is 2.06. The zero-order valence-corrected chi connectivity index (χ0v) is 22.4. The van der Waals surface area contributed by atoms with E-state index in [4.69, 9.17) is 9.47 Å². The molecule has 0 heterocycles. The van der Waals surface area contributed by atoms with Crippen LogP contribution in [0, 0.1) is 0 Å². The van der Waals surface area contributed by atoms with Crippen LogP contribution in [0.15, 0.2) is 48.5 Å². The molecular formula is C30H45BrO2. The first-order chi connectivity index (χ1) is 16.3. The Hall–Kier alpha value is -1.48. The lowest BCUT2D eigenvalue weighted by Gasteiger charge is -2.12. The third kappa shape index (κ3) is 12.5. The molecule has 0 aliphatic rings. The van der Waals surface area contributed by atoms with Gasteiger partial charge < -0.3 is 9.47 Å². The molecule has 0 aromatic heterocycles. The van der Waals surface area contributed by atoms with Gasteiger partial charge >= 0.3 is 0 Å². The third-order valence-electron chi connectivity index (χ3n) is 6.10. The molecule has 33 heavy (non-hydrogen) atoms. The molecule has 0 bridgehead atoms. The van der Waals surface area contributed by atoms with Gasteiger partial charge in [0, 0.05) is 10.9 Å². The van der Waals surface area contributed by atoms with Crippen LogP contribution in [0.25, 0.3) is 11.1 Å². The van der Waals surface area contributed by atoms with E-state index >= 15 is 0 Å². The second-order valence-electron chi connectivity index (χ2n) is 9.00. The van der Waals surface area contributed by atoms with Crippen LogP contribution < -0.4 is 9.47 Å². The number of unbranched alkanes of at least 4 members (excludes halogenated alkanes) is 12. The molecule has 0 N–H and O–H groups in total. The lowest BCUT2D eigenvalue weighted by molar-refractivity contribution is 0.304. The fourth-order valence-electron chi connectivity index (χ4n) is 4.07. The number of rotatable bonds is 20. The second-order valence-corrected chi connectivity index (χ2v) is 9.80. The van der Waals surface area contributed by atoms with E-state index in [-0.39, 0.29) is 0 Å². The van der Waals surface area contributed by atoms with Gasteiger partial charge in [0.2, 0.25) is 0 Å². The topological polar surface area (TPSA) is 18.5 Å². The number of hydrogen-bond donors (Lipinski definition) is 0. The molecule has 0 saturated heterocycles. The zero-order chi connectivity index (χ0) is 23.4. The maximum atomic E-state index is 6.16. The molecule has 2 aromatic rings. The van der Waals surface area contributed by atoms with Crippen LogP contribution in [0.2, 0.25) is 0 Å². The van der Waals surface area contributed by atoms with Crippen LogP contribution in [0.4, 0.5) is 0 Å². The van der Waals surface area contributed by atoms with Crippen LogP contribution in [-0.2, 0) is 0 Å². The molecule has 0 atom stereocenters. The first-order valence-corrected chi connectivity index (χ1v) is 14.5. The Labute approximate surface area is 211 Å². The van der Waals surface area contributed by atoms with Crippen molar-refractivity contribution in [3.8, 4) is 22.6 Å². The highest BCUT2D eigenvalue weighted by molar-refractivity contribution is 9.09. The van der Waals surface area contributed by atoms with Crippen molar-refractivity contribution < 1.29 is 9.47 Å². The Morgan fingerprint density at radius 3 is 1.76 bits per heavy atom. The van der Waals surface area contributed by atoms with E-state index in [0.717, 1.165) is 48.4 Å². The Morgan fingerprint density at radius 1 is 0.576 bits per heavy atom. The van der Waals surface area contributed by atoms with Gasteiger partial charge in [-0.05, 0) is 43.0 Å². The smallest absolute Gasteiger partial charge is 0.127 e. The molecule has 2 rings (SSSR count). The first kappa shape index (κ1) is 27.8. The molecule has 0 radical (unpaired) electrons. The predicted molar refractivity (Wildman–Crippen MR) is 147 cm³/mol. The van der Waals surface area contributed by atoms with Gasteiger partial charge in [-0.25, -0.2) is 0 Å². The van der Waals surface area contributed by atoms with Gasteiger partial charge in [0.1, 0.15) is 11.5 Å². The van der Waals surface area contributed by atoms with Crippen molar-refractivity contribution in [2.24, 2.45) is 0 Å². The Balaban J connectivity index is 1.68. The van der Waals surface area contributed by atoms with Gasteiger partial charge in [-0.1, -0.05) is 124 Å². The van der Waals surface area contributed by atoms with Crippen molar-refractivity contribution in [2.75, 3.05) is 18.5 Å². The average Bonchev–Trinajstić information content (AvgIpc) is 2.85. The summed E-state index contributed by atoms with van der Waals surface area (Å²) in [5, 5.41) is 1.14. The third-order valence-corrected chi connectivity index (χ3v) is 6.67. The molecule has 3 heteroatoms. The first-order valence-electron chi connectivity index (χ1n) is 13.4. The van der Waals surface area contributed by atoms with E-state index in [2.05, 4.69) is 71.4 Å². The lowest BCUT2D eigenvalue weighted by Crippen LogP contribution is -1.99. The van der Waals surface area contributed by atoms with Gasteiger partial charge in [-0.3, -0.25) is 0 Å². The number of hydrogen-bond acceptors (Lipinski definition) is 2.